The van der Waals surface area contributed by atoms with Gasteiger partial charge in [0.25, 0.3) is 0 Å². The van der Waals surface area contributed by atoms with E-state index >= 15 is 0 Å². The predicted octanol–water partition coefficient (Wildman–Crippen LogP) is 2.66. The molecule has 1 N–H and O–H groups in total. The molecule has 0 aliphatic carbocycles. The van der Waals surface area contributed by atoms with Gasteiger partial charge < -0.3 is 10.0 Å². The second-order valence-corrected chi connectivity index (χ2v) is 4.81. The molecule has 0 amide bonds. The molecular formula is C13H16N2OS. The minimum absolute atomic E-state index is 0.0616. The quantitative estimate of drug-likeness (QED) is 0.883. The zero-order valence-electron chi connectivity index (χ0n) is 9.84. The van der Waals surface area contributed by atoms with Gasteiger partial charge in [0.2, 0.25) is 0 Å². The summed E-state index contributed by atoms with van der Waals surface area (Å²) in [5, 5.41) is 11.2. The molecule has 0 saturated carbocycles. The number of hydrogen-bond donors (Lipinski definition) is 1. The first-order chi connectivity index (χ1) is 8.33. The van der Waals surface area contributed by atoms with E-state index < -0.39 is 0 Å². The van der Waals surface area contributed by atoms with E-state index in [1.165, 1.54) is 4.88 Å². The summed E-state index contributed by atoms with van der Waals surface area (Å²) in [6, 6.07) is 7.97. The Balaban J connectivity index is 2.16. The average Bonchev–Trinajstić information content (AvgIpc) is 2.89. The Bertz CT molecular complexity index is 456. The normalized spacial score (nSPS) is 10.5. The highest BCUT2D eigenvalue weighted by Crippen LogP contribution is 2.18. The Morgan fingerprint density at radius 3 is 2.94 bits per heavy atom. The zero-order valence-corrected chi connectivity index (χ0v) is 10.7. The minimum Gasteiger partial charge on any atom is -0.392 e. The summed E-state index contributed by atoms with van der Waals surface area (Å²) in [7, 11) is 0. The molecule has 0 aliphatic rings. The number of hydrogen-bond acceptors (Lipinski definition) is 4. The maximum atomic E-state index is 9.13. The van der Waals surface area contributed by atoms with E-state index in [4.69, 9.17) is 5.11 Å². The lowest BCUT2D eigenvalue weighted by molar-refractivity contribution is 0.281. The summed E-state index contributed by atoms with van der Waals surface area (Å²) in [4.78, 5) is 7.88. The van der Waals surface area contributed by atoms with Gasteiger partial charge in [-0.25, -0.2) is 4.98 Å². The van der Waals surface area contributed by atoms with Gasteiger partial charge in [0.15, 0.2) is 0 Å². The summed E-state index contributed by atoms with van der Waals surface area (Å²) in [6.07, 6.45) is 1.75. The first kappa shape index (κ1) is 12.1. The molecule has 0 fully saturated rings. The van der Waals surface area contributed by atoms with Crippen LogP contribution in [0.1, 0.15) is 17.4 Å². The maximum absolute atomic E-state index is 9.13. The molecular weight excluding hydrogens is 232 g/mol. The molecule has 90 valence electrons. The zero-order chi connectivity index (χ0) is 12.1. The van der Waals surface area contributed by atoms with Crippen LogP contribution in [0.25, 0.3) is 0 Å². The summed E-state index contributed by atoms with van der Waals surface area (Å²) in [6.45, 7) is 3.95. The molecule has 0 aliphatic heterocycles. The van der Waals surface area contributed by atoms with Crippen LogP contribution in [0.4, 0.5) is 5.82 Å². The van der Waals surface area contributed by atoms with Crippen molar-refractivity contribution in [1.82, 2.24) is 4.98 Å². The van der Waals surface area contributed by atoms with E-state index in [0.717, 1.165) is 24.5 Å². The van der Waals surface area contributed by atoms with E-state index in [0.29, 0.717) is 0 Å². The van der Waals surface area contributed by atoms with E-state index in [1.807, 2.05) is 12.1 Å². The third kappa shape index (κ3) is 3.05. The van der Waals surface area contributed by atoms with Crippen molar-refractivity contribution in [2.24, 2.45) is 0 Å². The van der Waals surface area contributed by atoms with Gasteiger partial charge in [0.05, 0.1) is 13.2 Å². The number of pyridine rings is 1. The largest absolute Gasteiger partial charge is 0.392 e. The van der Waals surface area contributed by atoms with Crippen molar-refractivity contribution >= 4 is 17.2 Å². The number of anilines is 1. The Labute approximate surface area is 105 Å². The Morgan fingerprint density at radius 2 is 2.29 bits per heavy atom. The van der Waals surface area contributed by atoms with Crippen LogP contribution in [0.5, 0.6) is 0 Å². The molecule has 0 radical (unpaired) electrons. The van der Waals surface area contributed by atoms with Crippen LogP contribution < -0.4 is 4.90 Å². The highest BCUT2D eigenvalue weighted by molar-refractivity contribution is 7.09. The molecule has 2 rings (SSSR count). The van der Waals surface area contributed by atoms with Crippen molar-refractivity contribution in [3.63, 3.8) is 0 Å². The van der Waals surface area contributed by atoms with Gasteiger partial charge in [-0.3, -0.25) is 0 Å². The van der Waals surface area contributed by atoms with Crippen molar-refractivity contribution in [3.8, 4) is 0 Å². The van der Waals surface area contributed by atoms with Crippen LogP contribution in [0.2, 0.25) is 0 Å². The van der Waals surface area contributed by atoms with E-state index in [9.17, 15) is 0 Å². The van der Waals surface area contributed by atoms with Crippen molar-refractivity contribution < 1.29 is 5.11 Å². The highest BCUT2D eigenvalue weighted by Gasteiger charge is 2.07. The van der Waals surface area contributed by atoms with Crippen molar-refractivity contribution in [2.45, 2.75) is 20.1 Å². The summed E-state index contributed by atoms with van der Waals surface area (Å²) in [5.41, 5.74) is 0.902. The van der Waals surface area contributed by atoms with Gasteiger partial charge in [-0.2, -0.15) is 0 Å². The molecule has 0 unspecified atom stereocenters. The van der Waals surface area contributed by atoms with Crippen LogP contribution in [0, 0.1) is 0 Å². The fourth-order valence-electron chi connectivity index (χ4n) is 1.68. The summed E-state index contributed by atoms with van der Waals surface area (Å²) < 4.78 is 0. The number of aliphatic hydroxyl groups excluding tert-OH is 1. The maximum Gasteiger partial charge on any atom is 0.129 e. The minimum atomic E-state index is 0.0616. The lowest BCUT2D eigenvalue weighted by atomic mass is 10.2. The Hall–Kier alpha value is -1.39. The molecule has 2 heterocycles. The lowest BCUT2D eigenvalue weighted by Gasteiger charge is -2.21. The SMILES string of the molecule is CCN(Cc1cccs1)c1cc(CO)ccn1. The molecule has 0 spiro atoms. The second-order valence-electron chi connectivity index (χ2n) is 3.77. The van der Waals surface area contributed by atoms with E-state index in [1.54, 1.807) is 17.5 Å². The average molecular weight is 248 g/mol. The van der Waals surface area contributed by atoms with Gasteiger partial charge in [-0.1, -0.05) is 6.07 Å². The number of rotatable bonds is 5. The van der Waals surface area contributed by atoms with Gasteiger partial charge >= 0.3 is 0 Å². The Morgan fingerprint density at radius 1 is 1.41 bits per heavy atom. The van der Waals surface area contributed by atoms with Crippen molar-refractivity contribution in [1.29, 1.82) is 0 Å². The third-order valence-electron chi connectivity index (χ3n) is 2.63. The molecule has 4 heteroatoms. The second kappa shape index (κ2) is 5.80. The molecule has 0 saturated heterocycles. The summed E-state index contributed by atoms with van der Waals surface area (Å²) in [5.74, 6) is 0.924. The fraction of sp³-hybridized carbons (Fsp3) is 0.308. The monoisotopic (exact) mass is 248 g/mol. The predicted molar refractivity (Wildman–Crippen MR) is 71.2 cm³/mol. The van der Waals surface area contributed by atoms with Gasteiger partial charge in [-0.05, 0) is 36.1 Å². The highest BCUT2D eigenvalue weighted by atomic mass is 32.1. The van der Waals surface area contributed by atoms with Crippen molar-refractivity contribution in [3.05, 3.63) is 46.3 Å². The van der Waals surface area contributed by atoms with E-state index in [2.05, 4.69) is 34.3 Å². The van der Waals surface area contributed by atoms with Crippen LogP contribution in [0.3, 0.4) is 0 Å². The van der Waals surface area contributed by atoms with Crippen LogP contribution in [-0.2, 0) is 13.2 Å². The van der Waals surface area contributed by atoms with Crippen LogP contribution >= 0.6 is 11.3 Å². The molecule has 2 aromatic rings. The van der Waals surface area contributed by atoms with Crippen LogP contribution in [-0.4, -0.2) is 16.6 Å². The first-order valence-electron chi connectivity index (χ1n) is 5.66. The van der Waals surface area contributed by atoms with Gasteiger partial charge in [0, 0.05) is 17.6 Å². The topological polar surface area (TPSA) is 36.4 Å². The first-order valence-corrected chi connectivity index (χ1v) is 6.54. The van der Waals surface area contributed by atoms with Crippen LogP contribution in [0.15, 0.2) is 35.8 Å². The molecule has 0 aromatic carbocycles. The third-order valence-corrected chi connectivity index (χ3v) is 3.49. The Kier molecular flexibility index (Phi) is 4.12. The fourth-order valence-corrected chi connectivity index (χ4v) is 2.40. The van der Waals surface area contributed by atoms with Gasteiger partial charge in [-0.15, -0.1) is 11.3 Å². The molecule has 2 aromatic heterocycles. The molecule has 0 atom stereocenters. The molecule has 3 nitrogen and oxygen atoms in total. The number of aromatic nitrogens is 1. The van der Waals surface area contributed by atoms with E-state index in [-0.39, 0.29) is 6.61 Å². The number of thiophene rings is 1. The van der Waals surface area contributed by atoms with Gasteiger partial charge in [0.1, 0.15) is 5.82 Å². The summed E-state index contributed by atoms with van der Waals surface area (Å²) >= 11 is 1.75. The molecule has 0 bridgehead atoms. The smallest absolute Gasteiger partial charge is 0.129 e. The number of aliphatic hydroxyl groups is 1. The standard InChI is InChI=1S/C13H16N2OS/c1-2-15(9-12-4-3-7-17-12)13-8-11(10-16)5-6-14-13/h3-8,16H,2,9-10H2,1H3. The molecule has 17 heavy (non-hydrogen) atoms. The number of nitrogens with zero attached hydrogens (tertiary/aromatic N) is 2. The van der Waals surface area contributed by atoms with Crippen molar-refractivity contribution in [2.75, 3.05) is 11.4 Å². The lowest BCUT2D eigenvalue weighted by Crippen LogP contribution is -2.22.